The highest BCUT2D eigenvalue weighted by atomic mass is 32.2. The van der Waals surface area contributed by atoms with Crippen molar-refractivity contribution in [2.24, 2.45) is 11.7 Å². The Bertz CT molecular complexity index is 691. The van der Waals surface area contributed by atoms with Crippen LogP contribution in [0.15, 0.2) is 29.2 Å². The summed E-state index contributed by atoms with van der Waals surface area (Å²) in [5.41, 5.74) is 5.88. The molecule has 0 aromatic heterocycles. The minimum Gasteiger partial charge on any atom is -0.468 e. The predicted octanol–water partition coefficient (Wildman–Crippen LogP) is 0.907. The van der Waals surface area contributed by atoms with Crippen LogP contribution in [-0.2, 0) is 25.0 Å². The second-order valence-corrected chi connectivity index (χ2v) is 8.11. The van der Waals surface area contributed by atoms with Crippen molar-refractivity contribution < 1.29 is 17.9 Å². The van der Waals surface area contributed by atoms with Crippen molar-refractivity contribution in [1.29, 1.82) is 0 Å². The maximum Gasteiger partial charge on any atom is 0.316 e. The summed E-state index contributed by atoms with van der Waals surface area (Å²) in [6.07, 6.45) is 3.51. The standard InChI is InChI=1S/C16H22N2O4S/c1-22-15(19)16(8-9-16)12-4-6-13(7-5-12)23(20,21)18-14(10-17)11-2-3-11/h4-7,11,14,18H,2-3,8-10,17H2,1H3. The molecule has 2 fully saturated rings. The minimum absolute atomic E-state index is 0.195. The molecule has 126 valence electrons. The molecule has 0 saturated heterocycles. The average Bonchev–Trinajstić information content (AvgIpc) is 3.45. The zero-order valence-corrected chi connectivity index (χ0v) is 13.9. The van der Waals surface area contributed by atoms with Gasteiger partial charge in [0.05, 0.1) is 17.4 Å². The molecule has 6 nitrogen and oxygen atoms in total. The normalized spacial score (nSPS) is 20.8. The molecule has 23 heavy (non-hydrogen) atoms. The summed E-state index contributed by atoms with van der Waals surface area (Å²) in [6.45, 7) is 0.299. The largest absolute Gasteiger partial charge is 0.468 e. The van der Waals surface area contributed by atoms with Gasteiger partial charge in [-0.3, -0.25) is 4.79 Å². The second-order valence-electron chi connectivity index (χ2n) is 6.40. The molecular formula is C16H22N2O4S. The molecular weight excluding hydrogens is 316 g/mol. The maximum absolute atomic E-state index is 12.4. The Balaban J connectivity index is 1.77. The lowest BCUT2D eigenvalue weighted by Gasteiger charge is -2.17. The highest BCUT2D eigenvalue weighted by molar-refractivity contribution is 7.89. The quantitative estimate of drug-likeness (QED) is 0.720. The van der Waals surface area contributed by atoms with Crippen LogP contribution < -0.4 is 10.5 Å². The Kier molecular flexibility index (Phi) is 4.20. The van der Waals surface area contributed by atoms with E-state index in [2.05, 4.69) is 4.72 Å². The summed E-state index contributed by atoms with van der Waals surface area (Å²) in [6, 6.07) is 6.28. The van der Waals surface area contributed by atoms with E-state index in [1.54, 1.807) is 24.3 Å². The number of carbonyl (C=O) groups is 1. The fourth-order valence-electron chi connectivity index (χ4n) is 2.99. The third-order valence-electron chi connectivity index (χ3n) is 4.79. The first-order valence-electron chi connectivity index (χ1n) is 7.84. The van der Waals surface area contributed by atoms with Gasteiger partial charge in [-0.1, -0.05) is 12.1 Å². The van der Waals surface area contributed by atoms with Crippen LogP contribution in [0.3, 0.4) is 0 Å². The first-order chi connectivity index (χ1) is 10.9. The third-order valence-corrected chi connectivity index (χ3v) is 6.30. The van der Waals surface area contributed by atoms with Gasteiger partial charge in [0.15, 0.2) is 0 Å². The number of esters is 1. The molecule has 7 heteroatoms. The van der Waals surface area contributed by atoms with E-state index in [1.165, 1.54) is 7.11 Å². The molecule has 3 N–H and O–H groups in total. The number of nitrogens with one attached hydrogen (secondary N) is 1. The molecule has 1 aromatic rings. The molecule has 0 aliphatic heterocycles. The Labute approximate surface area is 136 Å². The number of nitrogens with two attached hydrogens (primary N) is 1. The minimum atomic E-state index is -3.59. The number of ether oxygens (including phenoxy) is 1. The van der Waals surface area contributed by atoms with Crippen LogP contribution in [0.2, 0.25) is 0 Å². The highest BCUT2D eigenvalue weighted by Crippen LogP contribution is 2.49. The molecule has 0 heterocycles. The summed E-state index contributed by atoms with van der Waals surface area (Å²) in [5.74, 6) is 0.0891. The summed E-state index contributed by atoms with van der Waals surface area (Å²) in [4.78, 5) is 12.1. The van der Waals surface area contributed by atoms with Crippen molar-refractivity contribution in [3.63, 3.8) is 0 Å². The van der Waals surface area contributed by atoms with Crippen molar-refractivity contribution in [2.45, 2.75) is 42.0 Å². The van der Waals surface area contributed by atoms with Crippen molar-refractivity contribution in [3.05, 3.63) is 29.8 Å². The molecule has 0 spiro atoms. The predicted molar refractivity (Wildman–Crippen MR) is 85.3 cm³/mol. The van der Waals surface area contributed by atoms with E-state index < -0.39 is 15.4 Å². The SMILES string of the molecule is COC(=O)C1(c2ccc(S(=O)(=O)NC(CN)C3CC3)cc2)CC1. The smallest absolute Gasteiger partial charge is 0.316 e. The molecule has 0 radical (unpaired) electrons. The van der Waals surface area contributed by atoms with Crippen LogP contribution in [0.4, 0.5) is 0 Å². The number of hydrogen-bond acceptors (Lipinski definition) is 5. The summed E-state index contributed by atoms with van der Waals surface area (Å²) < 4.78 is 32.4. The highest BCUT2D eigenvalue weighted by Gasteiger charge is 2.52. The summed E-state index contributed by atoms with van der Waals surface area (Å²) in [5, 5.41) is 0. The van der Waals surface area contributed by atoms with Gasteiger partial charge < -0.3 is 10.5 Å². The van der Waals surface area contributed by atoms with Crippen molar-refractivity contribution in [3.8, 4) is 0 Å². The Morgan fingerprint density at radius 3 is 2.39 bits per heavy atom. The van der Waals surface area contributed by atoms with E-state index >= 15 is 0 Å². The van der Waals surface area contributed by atoms with Crippen LogP contribution in [-0.4, -0.2) is 34.1 Å². The Hall–Kier alpha value is -1.44. The van der Waals surface area contributed by atoms with Crippen molar-refractivity contribution >= 4 is 16.0 Å². The van der Waals surface area contributed by atoms with Gasteiger partial charge in [-0.25, -0.2) is 13.1 Å². The average molecular weight is 338 g/mol. The van der Waals surface area contributed by atoms with Crippen molar-refractivity contribution in [2.75, 3.05) is 13.7 Å². The lowest BCUT2D eigenvalue weighted by Crippen LogP contribution is -2.41. The van der Waals surface area contributed by atoms with E-state index in [4.69, 9.17) is 10.5 Å². The maximum atomic E-state index is 12.4. The number of carbonyl (C=O) groups excluding carboxylic acids is 1. The van der Waals surface area contributed by atoms with Crippen LogP contribution in [0.1, 0.15) is 31.2 Å². The Morgan fingerprint density at radius 2 is 1.96 bits per heavy atom. The van der Waals surface area contributed by atoms with Gasteiger partial charge in [0.25, 0.3) is 0 Å². The zero-order valence-electron chi connectivity index (χ0n) is 13.1. The topological polar surface area (TPSA) is 98.5 Å². The third kappa shape index (κ3) is 3.13. The van der Waals surface area contributed by atoms with Gasteiger partial charge in [-0.15, -0.1) is 0 Å². The molecule has 1 unspecified atom stereocenters. The van der Waals surface area contributed by atoms with E-state index in [-0.39, 0.29) is 16.9 Å². The van der Waals surface area contributed by atoms with Gasteiger partial charge in [-0.05, 0) is 49.3 Å². The number of benzene rings is 1. The molecule has 1 atom stereocenters. The van der Waals surface area contributed by atoms with Gasteiger partial charge in [0.1, 0.15) is 0 Å². The molecule has 2 aliphatic rings. The summed E-state index contributed by atoms with van der Waals surface area (Å²) >= 11 is 0. The number of sulfonamides is 1. The zero-order chi connectivity index (χ0) is 16.7. The number of rotatable bonds is 7. The molecule has 0 amide bonds. The van der Waals surface area contributed by atoms with E-state index in [0.717, 1.165) is 31.2 Å². The Morgan fingerprint density at radius 1 is 1.35 bits per heavy atom. The fraction of sp³-hybridized carbons (Fsp3) is 0.562. The van der Waals surface area contributed by atoms with E-state index in [0.29, 0.717) is 12.5 Å². The van der Waals surface area contributed by atoms with Crippen LogP contribution in [0.5, 0.6) is 0 Å². The van der Waals surface area contributed by atoms with Crippen LogP contribution in [0, 0.1) is 5.92 Å². The lowest BCUT2D eigenvalue weighted by atomic mass is 9.96. The van der Waals surface area contributed by atoms with Crippen LogP contribution >= 0.6 is 0 Å². The van der Waals surface area contributed by atoms with Gasteiger partial charge in [0, 0.05) is 12.6 Å². The lowest BCUT2D eigenvalue weighted by molar-refractivity contribution is -0.143. The molecule has 2 aliphatic carbocycles. The first kappa shape index (κ1) is 16.4. The molecule has 1 aromatic carbocycles. The van der Waals surface area contributed by atoms with Gasteiger partial charge >= 0.3 is 5.97 Å². The first-order valence-corrected chi connectivity index (χ1v) is 9.32. The number of methoxy groups -OCH3 is 1. The fourth-order valence-corrected chi connectivity index (χ4v) is 4.30. The second kappa shape index (κ2) is 5.89. The van der Waals surface area contributed by atoms with Gasteiger partial charge in [-0.2, -0.15) is 0 Å². The van der Waals surface area contributed by atoms with E-state index in [9.17, 15) is 13.2 Å². The monoisotopic (exact) mass is 338 g/mol. The van der Waals surface area contributed by atoms with E-state index in [1.807, 2.05) is 0 Å². The molecule has 3 rings (SSSR count). The van der Waals surface area contributed by atoms with Crippen molar-refractivity contribution in [1.82, 2.24) is 4.72 Å². The number of hydrogen-bond donors (Lipinski definition) is 2. The molecule has 0 bridgehead atoms. The van der Waals surface area contributed by atoms with Crippen LogP contribution in [0.25, 0.3) is 0 Å². The van der Waals surface area contributed by atoms with Gasteiger partial charge in [0.2, 0.25) is 10.0 Å². The molecule has 2 saturated carbocycles. The summed E-state index contributed by atoms with van der Waals surface area (Å²) in [7, 11) is -2.22.